The number of hydrogen-bond donors (Lipinski definition) is 2. The van der Waals surface area contributed by atoms with Gasteiger partial charge in [0.05, 0.1) is 12.8 Å². The molecule has 7 nitrogen and oxygen atoms in total. The highest BCUT2D eigenvalue weighted by Gasteiger charge is 2.21. The first kappa shape index (κ1) is 15.1. The molecule has 0 bridgehead atoms. The van der Waals surface area contributed by atoms with Crippen molar-refractivity contribution in [2.75, 3.05) is 0 Å². The van der Waals surface area contributed by atoms with Crippen molar-refractivity contribution in [3.8, 4) is 5.75 Å². The summed E-state index contributed by atoms with van der Waals surface area (Å²) in [5.41, 5.74) is 0.214. The highest BCUT2D eigenvalue weighted by atomic mass is 32.2. The Kier molecular flexibility index (Phi) is 4.62. The monoisotopic (exact) mass is 288 g/mol. The van der Waals surface area contributed by atoms with E-state index in [9.17, 15) is 18.0 Å². The number of carbonyl (C=O) groups is 2. The third-order valence-corrected chi connectivity index (χ3v) is 3.24. The van der Waals surface area contributed by atoms with Gasteiger partial charge in [-0.05, 0) is 18.6 Å². The molecule has 0 heterocycles. The molecule has 0 radical (unpaired) electrons. The number of benzene rings is 1. The van der Waals surface area contributed by atoms with Crippen molar-refractivity contribution in [3.63, 3.8) is 0 Å². The average molecular weight is 288 g/mol. The van der Waals surface area contributed by atoms with Crippen molar-refractivity contribution in [1.82, 2.24) is 0 Å². The van der Waals surface area contributed by atoms with E-state index in [0.717, 1.165) is 0 Å². The minimum absolute atomic E-state index is 0.214. The molecule has 0 fully saturated rings. The third kappa shape index (κ3) is 4.34. The van der Waals surface area contributed by atoms with Crippen molar-refractivity contribution in [3.05, 3.63) is 23.8 Å². The summed E-state index contributed by atoms with van der Waals surface area (Å²) in [7, 11) is -4.53. The predicted molar refractivity (Wildman–Crippen MR) is 63.5 cm³/mol. The van der Waals surface area contributed by atoms with E-state index in [-0.39, 0.29) is 11.3 Å². The first-order valence-corrected chi connectivity index (χ1v) is 6.65. The number of carboxylic acid groups (broad SMARTS) is 1. The Labute approximate surface area is 109 Å². The van der Waals surface area contributed by atoms with E-state index in [1.165, 1.54) is 25.1 Å². The topological polar surface area (TPSA) is 118 Å². The fourth-order valence-electron chi connectivity index (χ4n) is 1.42. The molecule has 0 amide bonds. The molecule has 0 atom stereocenters. The molecule has 1 aromatic carbocycles. The Hall–Kier alpha value is -1.93. The van der Waals surface area contributed by atoms with Crippen molar-refractivity contribution in [1.29, 1.82) is 0 Å². The summed E-state index contributed by atoms with van der Waals surface area (Å²) < 4.78 is 36.2. The maximum absolute atomic E-state index is 11.3. The smallest absolute Gasteiger partial charge is 0.311 e. The van der Waals surface area contributed by atoms with E-state index in [1.54, 1.807) is 0 Å². The number of carboxylic acids is 1. The Balaban J connectivity index is 2.99. The summed E-state index contributed by atoms with van der Waals surface area (Å²) in [6.07, 6.45) is -0.819. The lowest BCUT2D eigenvalue weighted by atomic mass is 10.2. The Morgan fingerprint density at radius 3 is 2.42 bits per heavy atom. The molecule has 0 aliphatic rings. The van der Waals surface area contributed by atoms with Gasteiger partial charge in [-0.25, -0.2) is 0 Å². The molecule has 0 aliphatic carbocycles. The van der Waals surface area contributed by atoms with Crippen LogP contribution in [0.15, 0.2) is 23.1 Å². The van der Waals surface area contributed by atoms with Crippen LogP contribution in [0.3, 0.4) is 0 Å². The second kappa shape index (κ2) is 5.81. The van der Waals surface area contributed by atoms with Crippen LogP contribution in [0.4, 0.5) is 0 Å². The standard InChI is InChI=1S/C11H12O7S/c1-7-3-2-4-8(11(7)19(15,16)17)18-10(14)6-5-9(12)13/h2-4H,5-6H2,1H3,(H,12,13)(H,15,16,17). The summed E-state index contributed by atoms with van der Waals surface area (Å²) in [5, 5.41) is 8.41. The minimum Gasteiger partial charge on any atom is -0.481 e. The molecule has 0 unspecified atom stereocenters. The zero-order valence-corrected chi connectivity index (χ0v) is 10.8. The molecule has 8 heteroatoms. The van der Waals surface area contributed by atoms with E-state index in [4.69, 9.17) is 14.4 Å². The highest BCUT2D eigenvalue weighted by Crippen LogP contribution is 2.27. The molecule has 2 N–H and O–H groups in total. The largest absolute Gasteiger partial charge is 0.481 e. The number of esters is 1. The van der Waals surface area contributed by atoms with E-state index >= 15 is 0 Å². The van der Waals surface area contributed by atoms with Crippen LogP contribution in [0.5, 0.6) is 5.75 Å². The predicted octanol–water partition coefficient (Wildman–Crippen LogP) is 1.01. The Morgan fingerprint density at radius 1 is 1.26 bits per heavy atom. The lowest BCUT2D eigenvalue weighted by Crippen LogP contribution is -2.13. The van der Waals surface area contributed by atoms with Crippen LogP contribution < -0.4 is 4.74 Å². The van der Waals surface area contributed by atoms with Gasteiger partial charge in [0, 0.05) is 0 Å². The number of carbonyl (C=O) groups excluding carboxylic acids is 1. The maximum atomic E-state index is 11.3. The summed E-state index contributed by atoms with van der Waals surface area (Å²) in [6, 6.07) is 4.08. The van der Waals surface area contributed by atoms with Crippen molar-refractivity contribution < 1.29 is 32.4 Å². The van der Waals surface area contributed by atoms with Gasteiger partial charge < -0.3 is 9.84 Å². The number of rotatable bonds is 5. The third-order valence-electron chi connectivity index (χ3n) is 2.20. The van der Waals surface area contributed by atoms with Crippen LogP contribution in [0.1, 0.15) is 18.4 Å². The zero-order chi connectivity index (χ0) is 14.6. The normalized spacial score (nSPS) is 11.1. The van der Waals surface area contributed by atoms with Gasteiger partial charge in [0.2, 0.25) is 0 Å². The number of ether oxygens (including phenoxy) is 1. The van der Waals surface area contributed by atoms with Gasteiger partial charge in [-0.3, -0.25) is 14.1 Å². The molecule has 0 saturated carbocycles. The SMILES string of the molecule is Cc1cccc(OC(=O)CCC(=O)O)c1S(=O)(=O)O. The fraction of sp³-hybridized carbons (Fsp3) is 0.273. The summed E-state index contributed by atoms with van der Waals surface area (Å²) >= 11 is 0. The van der Waals surface area contributed by atoms with Crippen LogP contribution >= 0.6 is 0 Å². The van der Waals surface area contributed by atoms with Gasteiger partial charge in [-0.15, -0.1) is 0 Å². The Morgan fingerprint density at radius 2 is 1.89 bits per heavy atom. The van der Waals surface area contributed by atoms with Crippen molar-refractivity contribution in [2.24, 2.45) is 0 Å². The second-order valence-electron chi connectivity index (χ2n) is 3.75. The average Bonchev–Trinajstić information content (AvgIpc) is 2.24. The lowest BCUT2D eigenvalue weighted by molar-refractivity contribution is -0.142. The molecule has 19 heavy (non-hydrogen) atoms. The summed E-state index contributed by atoms with van der Waals surface area (Å²) in [4.78, 5) is 21.1. The lowest BCUT2D eigenvalue weighted by Gasteiger charge is -2.09. The summed E-state index contributed by atoms with van der Waals surface area (Å²) in [5.74, 6) is -2.38. The number of aliphatic carboxylic acids is 1. The number of hydrogen-bond acceptors (Lipinski definition) is 5. The van der Waals surface area contributed by atoms with Crippen LogP contribution in [-0.4, -0.2) is 30.0 Å². The van der Waals surface area contributed by atoms with Gasteiger partial charge in [0.25, 0.3) is 10.1 Å². The van der Waals surface area contributed by atoms with Gasteiger partial charge in [0.1, 0.15) is 4.90 Å². The second-order valence-corrected chi connectivity index (χ2v) is 5.10. The first-order chi connectivity index (χ1) is 8.71. The first-order valence-electron chi connectivity index (χ1n) is 5.21. The van der Waals surface area contributed by atoms with Crippen molar-refractivity contribution in [2.45, 2.75) is 24.7 Å². The molecule has 1 aromatic rings. The van der Waals surface area contributed by atoms with Crippen LogP contribution in [-0.2, 0) is 19.7 Å². The van der Waals surface area contributed by atoms with Crippen LogP contribution in [0, 0.1) is 6.92 Å². The van der Waals surface area contributed by atoms with Gasteiger partial charge in [-0.1, -0.05) is 12.1 Å². The molecule has 0 aliphatic heterocycles. The van der Waals surface area contributed by atoms with Gasteiger partial charge in [0.15, 0.2) is 5.75 Å². The molecule has 0 spiro atoms. The molecular weight excluding hydrogens is 276 g/mol. The Bertz CT molecular complexity index is 603. The van der Waals surface area contributed by atoms with Crippen LogP contribution in [0.2, 0.25) is 0 Å². The highest BCUT2D eigenvalue weighted by molar-refractivity contribution is 7.86. The molecule has 1 rings (SSSR count). The van der Waals surface area contributed by atoms with E-state index in [0.29, 0.717) is 0 Å². The zero-order valence-electron chi connectivity index (χ0n) is 9.99. The number of aryl methyl sites for hydroxylation is 1. The van der Waals surface area contributed by atoms with Crippen LogP contribution in [0.25, 0.3) is 0 Å². The molecule has 0 saturated heterocycles. The van der Waals surface area contributed by atoms with E-state index in [1.807, 2.05) is 0 Å². The van der Waals surface area contributed by atoms with E-state index < -0.39 is 39.8 Å². The minimum atomic E-state index is -4.53. The maximum Gasteiger partial charge on any atom is 0.311 e. The quantitative estimate of drug-likeness (QED) is 0.471. The molecular formula is C11H12O7S. The van der Waals surface area contributed by atoms with Gasteiger partial charge in [-0.2, -0.15) is 8.42 Å². The molecule has 104 valence electrons. The van der Waals surface area contributed by atoms with Crippen molar-refractivity contribution >= 4 is 22.1 Å². The van der Waals surface area contributed by atoms with E-state index in [2.05, 4.69) is 0 Å². The summed E-state index contributed by atoms with van der Waals surface area (Å²) in [6.45, 7) is 1.43. The fourth-order valence-corrected chi connectivity index (χ4v) is 2.26. The van der Waals surface area contributed by atoms with Gasteiger partial charge >= 0.3 is 11.9 Å². The molecule has 0 aromatic heterocycles.